The summed E-state index contributed by atoms with van der Waals surface area (Å²) in [5.74, 6) is 0.686. The van der Waals surface area contributed by atoms with Crippen molar-refractivity contribution in [2.75, 3.05) is 19.8 Å². The Balaban J connectivity index is 1.62. The lowest BCUT2D eigenvalue weighted by Crippen LogP contribution is -2.28. The molecular formula is C15H19NOS2. The van der Waals surface area contributed by atoms with E-state index < -0.39 is 0 Å². The first kappa shape index (κ1) is 13.3. The first-order chi connectivity index (χ1) is 9.42. The molecule has 2 aromatic rings. The second-order valence-corrected chi connectivity index (χ2v) is 7.00. The van der Waals surface area contributed by atoms with Crippen molar-refractivity contribution in [2.24, 2.45) is 5.92 Å². The summed E-state index contributed by atoms with van der Waals surface area (Å²) in [5, 5.41) is 8.06. The Kier molecular flexibility index (Phi) is 4.66. The minimum Gasteiger partial charge on any atom is -0.381 e. The zero-order valence-corrected chi connectivity index (χ0v) is 12.5. The molecule has 0 aliphatic carbocycles. The van der Waals surface area contributed by atoms with Gasteiger partial charge >= 0.3 is 0 Å². The lowest BCUT2D eigenvalue weighted by atomic mass is 10.1. The van der Waals surface area contributed by atoms with Gasteiger partial charge in [0.15, 0.2) is 0 Å². The van der Waals surface area contributed by atoms with Gasteiger partial charge in [0, 0.05) is 35.4 Å². The van der Waals surface area contributed by atoms with Gasteiger partial charge in [-0.05, 0) is 35.2 Å². The van der Waals surface area contributed by atoms with Gasteiger partial charge in [-0.3, -0.25) is 0 Å². The third kappa shape index (κ3) is 3.66. The Hall–Kier alpha value is -0.680. The largest absolute Gasteiger partial charge is 0.381 e. The molecule has 1 N–H and O–H groups in total. The molecule has 0 saturated carbocycles. The predicted octanol–water partition coefficient (Wildman–Crippen LogP) is 3.72. The normalized spacial score (nSPS) is 20.7. The van der Waals surface area contributed by atoms with Crippen LogP contribution in [-0.4, -0.2) is 19.8 Å². The molecule has 1 saturated heterocycles. The number of rotatable bonds is 6. The Morgan fingerprint density at radius 2 is 2.16 bits per heavy atom. The summed E-state index contributed by atoms with van der Waals surface area (Å²) in [4.78, 5) is 2.89. The molecule has 0 amide bonds. The minimum absolute atomic E-state index is 0.444. The van der Waals surface area contributed by atoms with Crippen LogP contribution < -0.4 is 5.32 Å². The van der Waals surface area contributed by atoms with Crippen molar-refractivity contribution in [3.05, 3.63) is 44.8 Å². The van der Waals surface area contributed by atoms with Crippen molar-refractivity contribution in [2.45, 2.75) is 18.9 Å². The smallest absolute Gasteiger partial charge is 0.0507 e. The van der Waals surface area contributed by atoms with Crippen LogP contribution in [0.3, 0.4) is 0 Å². The summed E-state index contributed by atoms with van der Waals surface area (Å²) in [5.41, 5.74) is 0. The first-order valence-corrected chi connectivity index (χ1v) is 8.54. The maximum atomic E-state index is 5.45. The van der Waals surface area contributed by atoms with E-state index >= 15 is 0 Å². The summed E-state index contributed by atoms with van der Waals surface area (Å²) in [6.45, 7) is 2.91. The molecule has 4 heteroatoms. The molecule has 0 spiro atoms. The van der Waals surface area contributed by atoms with Gasteiger partial charge in [-0.1, -0.05) is 12.1 Å². The molecule has 102 valence electrons. The molecule has 1 fully saturated rings. The molecular weight excluding hydrogens is 274 g/mol. The van der Waals surface area contributed by atoms with Crippen molar-refractivity contribution >= 4 is 22.7 Å². The molecule has 0 bridgehead atoms. The topological polar surface area (TPSA) is 21.3 Å². The van der Waals surface area contributed by atoms with Crippen molar-refractivity contribution in [1.29, 1.82) is 0 Å². The maximum Gasteiger partial charge on any atom is 0.0507 e. The lowest BCUT2D eigenvalue weighted by molar-refractivity contribution is 0.184. The van der Waals surface area contributed by atoms with E-state index in [1.807, 2.05) is 22.7 Å². The quantitative estimate of drug-likeness (QED) is 0.876. The van der Waals surface area contributed by atoms with Crippen molar-refractivity contribution in [1.82, 2.24) is 5.32 Å². The molecule has 0 radical (unpaired) electrons. The summed E-state index contributed by atoms with van der Waals surface area (Å²) in [6.07, 6.45) is 2.29. The van der Waals surface area contributed by atoms with Gasteiger partial charge in [0.25, 0.3) is 0 Å². The summed E-state index contributed by atoms with van der Waals surface area (Å²) in [7, 11) is 0. The van der Waals surface area contributed by atoms with Gasteiger partial charge in [0.1, 0.15) is 0 Å². The van der Waals surface area contributed by atoms with Crippen LogP contribution >= 0.6 is 22.7 Å². The second kappa shape index (κ2) is 6.66. The molecule has 1 aliphatic rings. The van der Waals surface area contributed by atoms with E-state index in [0.29, 0.717) is 12.0 Å². The predicted molar refractivity (Wildman–Crippen MR) is 82.0 cm³/mol. The molecule has 2 nitrogen and oxygen atoms in total. The number of thiophene rings is 2. The van der Waals surface area contributed by atoms with Gasteiger partial charge in [0.2, 0.25) is 0 Å². The van der Waals surface area contributed by atoms with E-state index in [0.717, 1.165) is 26.2 Å². The summed E-state index contributed by atoms with van der Waals surface area (Å²) in [6, 6.07) is 9.18. The zero-order valence-electron chi connectivity index (χ0n) is 10.9. The molecule has 3 rings (SSSR count). The number of hydrogen-bond donors (Lipinski definition) is 1. The Labute approximate surface area is 122 Å². The second-order valence-electron chi connectivity index (χ2n) is 4.99. The number of ether oxygens (including phenoxy) is 1. The average molecular weight is 293 g/mol. The van der Waals surface area contributed by atoms with Crippen molar-refractivity contribution in [3.8, 4) is 0 Å². The van der Waals surface area contributed by atoms with E-state index in [9.17, 15) is 0 Å². The number of nitrogens with one attached hydrogen (secondary N) is 1. The Morgan fingerprint density at radius 3 is 2.84 bits per heavy atom. The fraction of sp³-hybridized carbons (Fsp3) is 0.467. The fourth-order valence-electron chi connectivity index (χ4n) is 2.45. The minimum atomic E-state index is 0.444. The Morgan fingerprint density at radius 1 is 1.26 bits per heavy atom. The van der Waals surface area contributed by atoms with Crippen LogP contribution in [0.5, 0.6) is 0 Å². The maximum absolute atomic E-state index is 5.45. The van der Waals surface area contributed by atoms with Crippen LogP contribution in [0.1, 0.15) is 22.2 Å². The van der Waals surface area contributed by atoms with Crippen LogP contribution in [0.2, 0.25) is 0 Å². The van der Waals surface area contributed by atoms with Gasteiger partial charge < -0.3 is 10.1 Å². The lowest BCUT2D eigenvalue weighted by Gasteiger charge is -2.19. The van der Waals surface area contributed by atoms with Crippen LogP contribution in [0.25, 0.3) is 0 Å². The highest BCUT2D eigenvalue weighted by Crippen LogP contribution is 2.25. The van der Waals surface area contributed by atoms with E-state index in [2.05, 4.69) is 40.3 Å². The molecule has 2 atom stereocenters. The van der Waals surface area contributed by atoms with E-state index in [1.165, 1.54) is 16.2 Å². The third-order valence-corrected chi connectivity index (χ3v) is 5.43. The van der Waals surface area contributed by atoms with Crippen LogP contribution in [0.15, 0.2) is 35.0 Å². The molecule has 3 heterocycles. The summed E-state index contributed by atoms with van der Waals surface area (Å²) >= 11 is 3.69. The zero-order chi connectivity index (χ0) is 12.9. The highest BCUT2D eigenvalue weighted by molar-refractivity contribution is 7.10. The fourth-order valence-corrected chi connectivity index (χ4v) is 4.00. The number of hydrogen-bond acceptors (Lipinski definition) is 4. The Bertz CT molecular complexity index is 460. The molecule has 2 unspecified atom stereocenters. The van der Waals surface area contributed by atoms with Crippen LogP contribution in [0, 0.1) is 5.92 Å². The van der Waals surface area contributed by atoms with E-state index in [-0.39, 0.29) is 0 Å². The first-order valence-electron chi connectivity index (χ1n) is 6.79. The standard InChI is InChI=1S/C15H19NOS2/c1-3-13(18-7-1)9-14(15-4-2-8-19-15)16-10-12-5-6-17-11-12/h1-4,7-8,12,14,16H,5-6,9-11H2. The molecule has 1 aliphatic heterocycles. The van der Waals surface area contributed by atoms with Gasteiger partial charge in [-0.2, -0.15) is 0 Å². The van der Waals surface area contributed by atoms with E-state index in [4.69, 9.17) is 4.74 Å². The van der Waals surface area contributed by atoms with Crippen molar-refractivity contribution < 1.29 is 4.74 Å². The highest BCUT2D eigenvalue weighted by Gasteiger charge is 2.19. The van der Waals surface area contributed by atoms with Crippen molar-refractivity contribution in [3.63, 3.8) is 0 Å². The van der Waals surface area contributed by atoms with Crippen LogP contribution in [-0.2, 0) is 11.2 Å². The molecule has 0 aromatic carbocycles. The van der Waals surface area contributed by atoms with Gasteiger partial charge in [-0.15, -0.1) is 22.7 Å². The SMILES string of the molecule is c1csc(CC(NCC2CCOC2)c2cccs2)c1. The van der Waals surface area contributed by atoms with Gasteiger partial charge in [0.05, 0.1) is 6.61 Å². The third-order valence-electron chi connectivity index (χ3n) is 3.55. The average Bonchev–Trinajstić information content (AvgIpc) is 3.15. The van der Waals surface area contributed by atoms with E-state index in [1.54, 1.807) is 0 Å². The molecule has 2 aromatic heterocycles. The van der Waals surface area contributed by atoms with Gasteiger partial charge in [-0.25, -0.2) is 0 Å². The monoisotopic (exact) mass is 293 g/mol. The van der Waals surface area contributed by atoms with Crippen LogP contribution in [0.4, 0.5) is 0 Å². The summed E-state index contributed by atoms with van der Waals surface area (Å²) < 4.78 is 5.45. The molecule has 19 heavy (non-hydrogen) atoms. The highest BCUT2D eigenvalue weighted by atomic mass is 32.1.